The minimum absolute atomic E-state index is 0.0679. The smallest absolute Gasteiger partial charge is 0.0416 e. The molecular weight excluding hydrogens is 258 g/mol. The monoisotopic (exact) mass is 281 g/mol. The molecule has 1 aromatic heterocycles. The zero-order valence-electron chi connectivity index (χ0n) is 12.6. The molecule has 1 aliphatic rings. The van der Waals surface area contributed by atoms with E-state index >= 15 is 0 Å². The average molecular weight is 281 g/mol. The van der Waals surface area contributed by atoms with Gasteiger partial charge in [-0.25, -0.2) is 0 Å². The Labute approximate surface area is 126 Å². The molecule has 1 aromatic carbocycles. The topological polar surface area (TPSA) is 42.2 Å². The van der Waals surface area contributed by atoms with E-state index < -0.39 is 0 Å². The molecule has 0 atom stereocenters. The second kappa shape index (κ2) is 5.96. The summed E-state index contributed by atoms with van der Waals surface area (Å²) in [6, 6.07) is 14.8. The van der Waals surface area contributed by atoms with Crippen LogP contribution in [0.15, 0.2) is 48.7 Å². The highest BCUT2D eigenvalue weighted by Crippen LogP contribution is 2.33. The first-order valence-corrected chi connectivity index (χ1v) is 7.61. The summed E-state index contributed by atoms with van der Waals surface area (Å²) in [4.78, 5) is 6.84. The summed E-state index contributed by atoms with van der Waals surface area (Å²) < 4.78 is 0. The van der Waals surface area contributed by atoms with Crippen molar-refractivity contribution in [3.63, 3.8) is 0 Å². The quantitative estimate of drug-likeness (QED) is 0.912. The van der Waals surface area contributed by atoms with Crippen molar-refractivity contribution in [2.45, 2.75) is 24.8 Å². The number of hydrogen-bond acceptors (Lipinski definition) is 3. The molecule has 0 fully saturated rings. The highest BCUT2D eigenvalue weighted by atomic mass is 15.2. The van der Waals surface area contributed by atoms with Gasteiger partial charge in [0, 0.05) is 36.9 Å². The molecule has 1 aliphatic carbocycles. The van der Waals surface area contributed by atoms with Crippen molar-refractivity contribution in [2.24, 2.45) is 5.73 Å². The van der Waals surface area contributed by atoms with Gasteiger partial charge in [-0.1, -0.05) is 30.3 Å². The van der Waals surface area contributed by atoms with E-state index in [-0.39, 0.29) is 5.54 Å². The Hall–Kier alpha value is -1.71. The van der Waals surface area contributed by atoms with E-state index in [4.69, 9.17) is 5.73 Å². The minimum atomic E-state index is 0.0679. The average Bonchev–Trinajstić information content (AvgIpc) is 2.93. The maximum atomic E-state index is 6.16. The minimum Gasteiger partial charge on any atom is -0.329 e. The largest absolute Gasteiger partial charge is 0.329 e. The van der Waals surface area contributed by atoms with Gasteiger partial charge >= 0.3 is 0 Å². The van der Waals surface area contributed by atoms with Gasteiger partial charge in [0.2, 0.25) is 0 Å². The molecule has 0 radical (unpaired) electrons. The number of rotatable bonds is 5. The van der Waals surface area contributed by atoms with Gasteiger partial charge in [-0.3, -0.25) is 9.88 Å². The first-order chi connectivity index (χ1) is 10.2. The predicted molar refractivity (Wildman–Crippen MR) is 86.2 cm³/mol. The number of benzene rings is 1. The number of nitrogens with zero attached hydrogens (tertiary/aromatic N) is 2. The van der Waals surface area contributed by atoms with Crippen LogP contribution in [0.4, 0.5) is 0 Å². The third-order valence-corrected chi connectivity index (χ3v) is 4.78. The van der Waals surface area contributed by atoms with Crippen LogP contribution in [0.25, 0.3) is 0 Å². The molecule has 1 heterocycles. The van der Waals surface area contributed by atoms with Gasteiger partial charge in [-0.15, -0.1) is 0 Å². The summed E-state index contributed by atoms with van der Waals surface area (Å²) in [6.07, 6.45) is 4.94. The molecule has 110 valence electrons. The molecule has 21 heavy (non-hydrogen) atoms. The fourth-order valence-corrected chi connectivity index (χ4v) is 3.31. The third kappa shape index (κ3) is 2.85. The first-order valence-electron chi connectivity index (χ1n) is 7.61. The van der Waals surface area contributed by atoms with Crippen LogP contribution in [0.1, 0.15) is 16.8 Å². The fraction of sp³-hybridized carbons (Fsp3) is 0.389. The normalized spacial score (nSPS) is 16.1. The molecule has 0 amide bonds. The SMILES string of the molecule is CN(CCc1ccccn1)C1(CN)Cc2ccccc2C1. The van der Waals surface area contributed by atoms with Crippen molar-refractivity contribution >= 4 is 0 Å². The maximum Gasteiger partial charge on any atom is 0.0416 e. The van der Waals surface area contributed by atoms with Gasteiger partial charge in [-0.05, 0) is 43.1 Å². The van der Waals surface area contributed by atoms with Gasteiger partial charge in [0.15, 0.2) is 0 Å². The van der Waals surface area contributed by atoms with Crippen LogP contribution in [-0.4, -0.2) is 35.6 Å². The second-order valence-corrected chi connectivity index (χ2v) is 6.04. The summed E-state index contributed by atoms with van der Waals surface area (Å²) >= 11 is 0. The number of hydrogen-bond donors (Lipinski definition) is 1. The fourth-order valence-electron chi connectivity index (χ4n) is 3.31. The van der Waals surface area contributed by atoms with E-state index in [1.165, 1.54) is 11.1 Å². The van der Waals surface area contributed by atoms with Crippen molar-refractivity contribution in [3.8, 4) is 0 Å². The zero-order chi connectivity index (χ0) is 14.7. The first kappa shape index (κ1) is 14.2. The lowest BCUT2D eigenvalue weighted by Gasteiger charge is -2.38. The van der Waals surface area contributed by atoms with E-state index in [0.29, 0.717) is 6.54 Å². The summed E-state index contributed by atoms with van der Waals surface area (Å²) in [5, 5.41) is 0. The molecule has 3 heteroatoms. The van der Waals surface area contributed by atoms with Crippen molar-refractivity contribution in [1.29, 1.82) is 0 Å². The predicted octanol–water partition coefficient (Wildman–Crippen LogP) is 2.05. The third-order valence-electron chi connectivity index (χ3n) is 4.78. The van der Waals surface area contributed by atoms with Crippen LogP contribution in [0.3, 0.4) is 0 Å². The molecule has 2 aromatic rings. The number of aromatic nitrogens is 1. The van der Waals surface area contributed by atoms with Gasteiger partial charge in [0.05, 0.1) is 0 Å². The molecule has 0 saturated heterocycles. The lowest BCUT2D eigenvalue weighted by Crippen LogP contribution is -2.53. The van der Waals surface area contributed by atoms with Gasteiger partial charge in [0.25, 0.3) is 0 Å². The summed E-state index contributed by atoms with van der Waals surface area (Å²) in [6.45, 7) is 1.68. The lowest BCUT2D eigenvalue weighted by molar-refractivity contribution is 0.137. The molecule has 0 aliphatic heterocycles. The standard InChI is InChI=1S/C18H23N3/c1-21(11-9-17-8-4-5-10-20-17)18(14-19)12-15-6-2-3-7-16(15)13-18/h2-8,10H,9,11-14,19H2,1H3. The van der Waals surface area contributed by atoms with Crippen LogP contribution < -0.4 is 5.73 Å². The van der Waals surface area contributed by atoms with Crippen LogP contribution in [0.5, 0.6) is 0 Å². The highest BCUT2D eigenvalue weighted by molar-refractivity contribution is 5.36. The Bertz CT molecular complexity index is 569. The van der Waals surface area contributed by atoms with Gasteiger partial charge in [-0.2, -0.15) is 0 Å². The molecule has 0 bridgehead atoms. The number of fused-ring (bicyclic) bond motifs is 1. The lowest BCUT2D eigenvalue weighted by atomic mass is 9.93. The molecular formula is C18H23N3. The second-order valence-electron chi connectivity index (χ2n) is 6.04. The van der Waals surface area contributed by atoms with Crippen LogP contribution in [0, 0.1) is 0 Å². The van der Waals surface area contributed by atoms with E-state index in [2.05, 4.69) is 47.3 Å². The van der Waals surface area contributed by atoms with Crippen molar-refractivity contribution in [2.75, 3.05) is 20.1 Å². The Kier molecular flexibility index (Phi) is 4.04. The Morgan fingerprint density at radius 2 is 1.76 bits per heavy atom. The molecule has 3 nitrogen and oxygen atoms in total. The van der Waals surface area contributed by atoms with Crippen molar-refractivity contribution in [1.82, 2.24) is 9.88 Å². The number of pyridine rings is 1. The van der Waals surface area contributed by atoms with Gasteiger partial charge < -0.3 is 5.73 Å². The molecule has 3 rings (SSSR count). The number of nitrogens with two attached hydrogens (primary N) is 1. The zero-order valence-corrected chi connectivity index (χ0v) is 12.6. The van der Waals surface area contributed by atoms with E-state index in [9.17, 15) is 0 Å². The summed E-state index contributed by atoms with van der Waals surface area (Å²) in [7, 11) is 2.20. The Morgan fingerprint density at radius 3 is 2.33 bits per heavy atom. The Morgan fingerprint density at radius 1 is 1.10 bits per heavy atom. The maximum absolute atomic E-state index is 6.16. The van der Waals surface area contributed by atoms with Crippen LogP contribution in [-0.2, 0) is 19.3 Å². The molecule has 0 saturated carbocycles. The van der Waals surface area contributed by atoms with E-state index in [0.717, 1.165) is 31.5 Å². The van der Waals surface area contributed by atoms with Crippen LogP contribution >= 0.6 is 0 Å². The van der Waals surface area contributed by atoms with E-state index in [1.54, 1.807) is 0 Å². The molecule has 2 N–H and O–H groups in total. The van der Waals surface area contributed by atoms with Crippen molar-refractivity contribution < 1.29 is 0 Å². The van der Waals surface area contributed by atoms with Crippen LogP contribution in [0.2, 0.25) is 0 Å². The summed E-state index contributed by atoms with van der Waals surface area (Å²) in [5.74, 6) is 0. The van der Waals surface area contributed by atoms with Crippen molar-refractivity contribution in [3.05, 3.63) is 65.5 Å². The highest BCUT2D eigenvalue weighted by Gasteiger charge is 2.39. The van der Waals surface area contributed by atoms with Gasteiger partial charge in [0.1, 0.15) is 0 Å². The van der Waals surface area contributed by atoms with E-state index in [1.807, 2.05) is 18.3 Å². The molecule has 0 unspecified atom stereocenters. The number of likely N-dealkylation sites (N-methyl/N-ethyl adjacent to an activating group) is 1. The molecule has 0 spiro atoms. The Balaban J connectivity index is 1.70. The summed E-state index contributed by atoms with van der Waals surface area (Å²) in [5.41, 5.74) is 10.3.